The van der Waals surface area contributed by atoms with Crippen LogP contribution < -0.4 is 5.32 Å². The molecule has 0 unspecified atom stereocenters. The molecular weight excluding hydrogens is 264 g/mol. The average molecular weight is 280 g/mol. The van der Waals surface area contributed by atoms with Gasteiger partial charge in [0.05, 0.1) is 31.9 Å². The molecule has 108 valence electrons. The Morgan fingerprint density at radius 3 is 2.85 bits per heavy atom. The highest BCUT2D eigenvalue weighted by atomic mass is 16.3. The number of aromatic nitrogens is 2. The van der Waals surface area contributed by atoms with Gasteiger partial charge < -0.3 is 30.3 Å². The van der Waals surface area contributed by atoms with Crippen LogP contribution in [0.15, 0.2) is 23.0 Å². The van der Waals surface area contributed by atoms with E-state index in [-0.39, 0.29) is 13.2 Å². The lowest BCUT2D eigenvalue weighted by atomic mass is 10.1. The second-order valence-electron chi connectivity index (χ2n) is 4.87. The van der Waals surface area contributed by atoms with Crippen molar-refractivity contribution in [2.75, 3.05) is 18.5 Å². The van der Waals surface area contributed by atoms with E-state index in [4.69, 9.17) is 5.11 Å². The highest BCUT2D eigenvalue weighted by Crippen LogP contribution is 2.34. The van der Waals surface area contributed by atoms with E-state index in [2.05, 4.69) is 15.3 Å². The van der Waals surface area contributed by atoms with Crippen molar-refractivity contribution in [3.8, 4) is 0 Å². The number of aliphatic hydroxyl groups excluding tert-OH is 4. The second-order valence-corrected chi connectivity index (χ2v) is 4.87. The molecule has 0 bridgehead atoms. The summed E-state index contributed by atoms with van der Waals surface area (Å²) in [5.41, 5.74) is 0.808. The molecule has 0 spiro atoms. The summed E-state index contributed by atoms with van der Waals surface area (Å²) in [5, 5.41) is 41.9. The van der Waals surface area contributed by atoms with Crippen molar-refractivity contribution in [2.45, 2.75) is 24.4 Å². The van der Waals surface area contributed by atoms with Gasteiger partial charge in [0.1, 0.15) is 29.8 Å². The largest absolute Gasteiger partial charge is 0.392 e. The van der Waals surface area contributed by atoms with Gasteiger partial charge in [-0.1, -0.05) is 6.08 Å². The third-order valence-corrected chi connectivity index (χ3v) is 3.65. The van der Waals surface area contributed by atoms with Gasteiger partial charge in [0.15, 0.2) is 0 Å². The van der Waals surface area contributed by atoms with Crippen LogP contribution in [-0.4, -0.2) is 61.7 Å². The molecule has 1 aliphatic carbocycles. The van der Waals surface area contributed by atoms with Gasteiger partial charge in [-0.2, -0.15) is 0 Å². The molecule has 0 saturated heterocycles. The summed E-state index contributed by atoms with van der Waals surface area (Å²) in [6.45, 7) is -0.103. The van der Waals surface area contributed by atoms with Gasteiger partial charge in [0.25, 0.3) is 0 Å². The summed E-state index contributed by atoms with van der Waals surface area (Å²) < 4.78 is 1.62. The number of rotatable bonds is 2. The van der Waals surface area contributed by atoms with E-state index in [0.29, 0.717) is 17.1 Å². The Labute approximate surface area is 114 Å². The molecule has 8 nitrogen and oxygen atoms in total. The van der Waals surface area contributed by atoms with Crippen molar-refractivity contribution in [2.24, 2.45) is 4.99 Å². The lowest BCUT2D eigenvalue weighted by molar-refractivity contribution is 0.0284. The normalized spacial score (nSPS) is 32.5. The number of hydrogen-bond acceptors (Lipinski definition) is 7. The van der Waals surface area contributed by atoms with Gasteiger partial charge in [0.2, 0.25) is 0 Å². The predicted molar refractivity (Wildman–Crippen MR) is 70.4 cm³/mol. The molecule has 1 aromatic rings. The quantitative estimate of drug-likeness (QED) is 0.423. The van der Waals surface area contributed by atoms with E-state index in [9.17, 15) is 15.3 Å². The van der Waals surface area contributed by atoms with Gasteiger partial charge >= 0.3 is 0 Å². The van der Waals surface area contributed by atoms with E-state index in [1.807, 2.05) is 0 Å². The summed E-state index contributed by atoms with van der Waals surface area (Å²) in [7, 11) is 0. The molecule has 4 atom stereocenters. The molecular formula is C12H16N4O4. The van der Waals surface area contributed by atoms with E-state index < -0.39 is 24.4 Å². The van der Waals surface area contributed by atoms with Crippen LogP contribution in [-0.2, 0) is 0 Å². The van der Waals surface area contributed by atoms with Crippen molar-refractivity contribution in [1.29, 1.82) is 0 Å². The SMILES string of the molecule is OCC1=C[C@@H](n2cnc3c2NC=NC[C@@H]3O)[C@H](O)[C@@H]1O. The van der Waals surface area contributed by atoms with Gasteiger partial charge in [-0.15, -0.1) is 0 Å². The van der Waals surface area contributed by atoms with Crippen molar-refractivity contribution in [3.05, 3.63) is 23.7 Å². The molecule has 0 amide bonds. The van der Waals surface area contributed by atoms with Crippen LogP contribution in [0.3, 0.4) is 0 Å². The molecule has 8 heteroatoms. The molecule has 0 fully saturated rings. The van der Waals surface area contributed by atoms with Gasteiger partial charge in [-0.05, 0) is 5.57 Å². The minimum Gasteiger partial charge on any atom is -0.392 e. The van der Waals surface area contributed by atoms with Crippen LogP contribution in [0.25, 0.3) is 0 Å². The van der Waals surface area contributed by atoms with Crippen molar-refractivity contribution in [1.82, 2.24) is 9.55 Å². The number of nitrogens with zero attached hydrogens (tertiary/aromatic N) is 3. The molecule has 0 saturated carbocycles. The maximum Gasteiger partial charge on any atom is 0.137 e. The first-order valence-electron chi connectivity index (χ1n) is 6.30. The molecule has 2 aliphatic rings. The van der Waals surface area contributed by atoms with E-state index >= 15 is 0 Å². The second kappa shape index (κ2) is 4.98. The van der Waals surface area contributed by atoms with Crippen molar-refractivity contribution in [3.63, 3.8) is 0 Å². The van der Waals surface area contributed by atoms with E-state index in [0.717, 1.165) is 0 Å². The maximum absolute atomic E-state index is 10.1. The summed E-state index contributed by atoms with van der Waals surface area (Å²) in [6.07, 6.45) is 1.55. The number of nitrogens with one attached hydrogen (secondary N) is 1. The summed E-state index contributed by atoms with van der Waals surface area (Å²) in [6, 6.07) is -0.561. The number of aliphatic imine (C=N–C) groups is 1. The Bertz CT molecular complexity index is 568. The Morgan fingerprint density at radius 2 is 2.15 bits per heavy atom. The van der Waals surface area contributed by atoms with Crippen LogP contribution in [0.5, 0.6) is 0 Å². The Morgan fingerprint density at radius 1 is 1.35 bits per heavy atom. The minimum atomic E-state index is -1.10. The zero-order valence-electron chi connectivity index (χ0n) is 10.6. The molecule has 3 rings (SSSR count). The first-order chi connectivity index (χ1) is 9.63. The average Bonchev–Trinajstić information content (AvgIpc) is 2.92. The molecule has 1 aromatic heterocycles. The number of imidazole rings is 1. The number of anilines is 1. The Kier molecular flexibility index (Phi) is 3.30. The highest BCUT2D eigenvalue weighted by Gasteiger charge is 2.37. The Balaban J connectivity index is 2.00. The van der Waals surface area contributed by atoms with Crippen LogP contribution in [0.1, 0.15) is 17.8 Å². The zero-order chi connectivity index (χ0) is 14.3. The summed E-state index contributed by atoms with van der Waals surface area (Å²) in [4.78, 5) is 8.10. The fraction of sp³-hybridized carbons (Fsp3) is 0.500. The Hall–Kier alpha value is -1.74. The monoisotopic (exact) mass is 280 g/mol. The van der Waals surface area contributed by atoms with Gasteiger partial charge in [-0.25, -0.2) is 4.98 Å². The summed E-state index contributed by atoms with van der Waals surface area (Å²) in [5.74, 6) is 0.519. The van der Waals surface area contributed by atoms with Crippen LogP contribution in [0.4, 0.5) is 5.82 Å². The maximum atomic E-state index is 10.1. The molecule has 0 radical (unpaired) electrons. The van der Waals surface area contributed by atoms with E-state index in [1.165, 1.54) is 12.7 Å². The molecule has 5 N–H and O–H groups in total. The minimum absolute atomic E-state index is 0.213. The third kappa shape index (κ3) is 1.93. The molecule has 2 heterocycles. The molecule has 20 heavy (non-hydrogen) atoms. The highest BCUT2D eigenvalue weighted by molar-refractivity contribution is 5.76. The number of aliphatic hydroxyl groups is 4. The molecule has 1 aliphatic heterocycles. The van der Waals surface area contributed by atoms with Crippen LogP contribution >= 0.6 is 0 Å². The topological polar surface area (TPSA) is 123 Å². The third-order valence-electron chi connectivity index (χ3n) is 3.65. The van der Waals surface area contributed by atoms with Crippen molar-refractivity contribution < 1.29 is 20.4 Å². The lowest BCUT2D eigenvalue weighted by Crippen LogP contribution is -2.30. The standard InChI is InChI=1S/C12H16N4O4/c17-3-6-1-7(11(20)10(6)19)16-5-15-9-8(18)2-13-4-14-12(9)16/h1,4-5,7-8,10-11,17-20H,2-3H2,(H,13,14)/t7-,8+,10-,11+/m1/s1. The smallest absolute Gasteiger partial charge is 0.137 e. The number of fused-ring (bicyclic) bond motifs is 1. The zero-order valence-corrected chi connectivity index (χ0v) is 10.6. The van der Waals surface area contributed by atoms with Crippen LogP contribution in [0.2, 0.25) is 0 Å². The van der Waals surface area contributed by atoms with Crippen molar-refractivity contribution >= 4 is 12.2 Å². The van der Waals surface area contributed by atoms with E-state index in [1.54, 1.807) is 10.6 Å². The first kappa shape index (κ1) is 13.3. The fourth-order valence-corrected chi connectivity index (χ4v) is 2.55. The summed E-state index contributed by atoms with van der Waals surface area (Å²) >= 11 is 0. The number of hydrogen-bond donors (Lipinski definition) is 5. The van der Waals surface area contributed by atoms with Gasteiger partial charge in [0, 0.05) is 0 Å². The predicted octanol–water partition coefficient (Wildman–Crippen LogP) is -1.43. The lowest BCUT2D eigenvalue weighted by Gasteiger charge is -2.20. The van der Waals surface area contributed by atoms with Crippen LogP contribution in [0, 0.1) is 0 Å². The van der Waals surface area contributed by atoms with Gasteiger partial charge in [-0.3, -0.25) is 4.99 Å². The molecule has 0 aromatic carbocycles. The first-order valence-corrected chi connectivity index (χ1v) is 6.30. The fourth-order valence-electron chi connectivity index (χ4n) is 2.55.